The van der Waals surface area contributed by atoms with Gasteiger partial charge in [0.2, 0.25) is 0 Å². The minimum Gasteiger partial charge on any atom is -0.268 e. The van der Waals surface area contributed by atoms with Crippen molar-refractivity contribution < 1.29 is 25.4 Å². The first-order valence-corrected chi connectivity index (χ1v) is 11.0. The average molecular weight is 377 g/mol. The second kappa shape index (κ2) is 8.25. The highest BCUT2D eigenvalue weighted by Crippen LogP contribution is 2.12. The lowest BCUT2D eigenvalue weighted by atomic mass is 10.6. The van der Waals surface area contributed by atoms with Gasteiger partial charge in [0.25, 0.3) is 0 Å². The normalized spacial score (nSPS) is 26.8. The minimum absolute atomic E-state index is 0.0402. The van der Waals surface area contributed by atoms with Crippen LogP contribution in [0.25, 0.3) is 0 Å². The molecule has 122 valence electrons. The Morgan fingerprint density at radius 3 is 1.90 bits per heavy atom. The van der Waals surface area contributed by atoms with E-state index in [9.17, 15) is 16.8 Å². The molecule has 0 amide bonds. The molecule has 0 saturated heterocycles. The van der Waals surface area contributed by atoms with E-state index in [0.717, 1.165) is 5.75 Å². The molecular weight excluding hydrogens is 360 g/mol. The Labute approximate surface area is 132 Å². The number of oxime groups is 2. The summed E-state index contributed by atoms with van der Waals surface area (Å²) in [4.78, 5) is 0. The maximum absolute atomic E-state index is 10.8. The Hall–Kier alpha value is -0.460. The monoisotopic (exact) mass is 376 g/mol. The molecule has 0 bridgehead atoms. The fourth-order valence-corrected chi connectivity index (χ4v) is 4.68. The highest BCUT2D eigenvalue weighted by Gasteiger charge is 2.15. The lowest BCUT2D eigenvalue weighted by Gasteiger charge is -2.06. The topological polar surface area (TPSA) is 111 Å². The van der Waals surface area contributed by atoms with Crippen LogP contribution in [0.1, 0.15) is 20.3 Å². The highest BCUT2D eigenvalue weighted by atomic mass is 32.2. The van der Waals surface area contributed by atoms with Crippen LogP contribution >= 0.6 is 23.5 Å². The lowest BCUT2D eigenvalue weighted by Crippen LogP contribution is -2.11. The Morgan fingerprint density at radius 2 is 1.33 bits per heavy atom. The van der Waals surface area contributed by atoms with Crippen LogP contribution in [0.4, 0.5) is 0 Å². The maximum Gasteiger partial charge on any atom is 0.329 e. The van der Waals surface area contributed by atoms with Crippen LogP contribution < -0.4 is 0 Å². The van der Waals surface area contributed by atoms with Gasteiger partial charge in [-0.05, 0) is 20.3 Å². The smallest absolute Gasteiger partial charge is 0.268 e. The van der Waals surface area contributed by atoms with Gasteiger partial charge in [-0.2, -0.15) is 16.8 Å². The number of nitrogens with zero attached hydrogens (tertiary/aromatic N) is 2. The summed E-state index contributed by atoms with van der Waals surface area (Å²) in [5.41, 5.74) is 0. The third-order valence-corrected chi connectivity index (χ3v) is 6.29. The molecule has 12 heteroatoms. The molecule has 0 atom stereocenters. The van der Waals surface area contributed by atoms with E-state index in [1.165, 1.54) is 23.5 Å². The molecule has 0 aromatic heterocycles. The zero-order chi connectivity index (χ0) is 15.9. The van der Waals surface area contributed by atoms with Gasteiger partial charge < -0.3 is 0 Å². The maximum atomic E-state index is 10.8. The zero-order valence-electron chi connectivity index (χ0n) is 11.5. The second-order valence-electron chi connectivity index (χ2n) is 3.94. The fraction of sp³-hybridized carbons (Fsp3) is 0.778. The molecule has 0 fully saturated rings. The molecule has 0 aromatic carbocycles. The van der Waals surface area contributed by atoms with Crippen molar-refractivity contribution in [3.8, 4) is 0 Å². The van der Waals surface area contributed by atoms with Crippen molar-refractivity contribution in [2.45, 2.75) is 20.3 Å². The number of hydrogen-bond donors (Lipinski definition) is 0. The largest absolute Gasteiger partial charge is 0.329 e. The summed E-state index contributed by atoms with van der Waals surface area (Å²) in [6, 6.07) is 0. The van der Waals surface area contributed by atoms with Gasteiger partial charge in [0.1, 0.15) is 10.1 Å². The summed E-state index contributed by atoms with van der Waals surface area (Å²) in [7, 11) is -6.74. The van der Waals surface area contributed by atoms with E-state index in [4.69, 9.17) is 0 Å². The summed E-state index contributed by atoms with van der Waals surface area (Å²) in [5, 5.41) is 8.11. The van der Waals surface area contributed by atoms with Crippen molar-refractivity contribution in [3.63, 3.8) is 0 Å². The summed E-state index contributed by atoms with van der Waals surface area (Å²) in [5.74, 6) is 1.42. The van der Waals surface area contributed by atoms with Crippen LogP contribution in [0.2, 0.25) is 0 Å². The van der Waals surface area contributed by atoms with Gasteiger partial charge in [-0.3, -0.25) is 8.57 Å². The van der Waals surface area contributed by atoms with Gasteiger partial charge >= 0.3 is 20.2 Å². The van der Waals surface area contributed by atoms with Gasteiger partial charge in [0, 0.05) is 11.5 Å². The number of thioether (sulfide) groups is 2. The Kier molecular flexibility index (Phi) is 7.30. The molecule has 0 radical (unpaired) electrons. The first-order valence-electron chi connectivity index (χ1n) is 5.88. The lowest BCUT2D eigenvalue weighted by molar-refractivity contribution is 0.339. The molecule has 2 aliphatic rings. The molecule has 2 rings (SSSR count). The van der Waals surface area contributed by atoms with E-state index in [1.807, 2.05) is 0 Å². The number of hydrogen-bond acceptors (Lipinski definition) is 10. The fourth-order valence-electron chi connectivity index (χ4n) is 1.09. The summed E-state index contributed by atoms with van der Waals surface area (Å²) < 4.78 is 51.6. The molecule has 8 nitrogen and oxygen atoms in total. The highest BCUT2D eigenvalue weighted by molar-refractivity contribution is 8.14. The van der Waals surface area contributed by atoms with Gasteiger partial charge in [-0.1, -0.05) is 10.3 Å². The quantitative estimate of drug-likeness (QED) is 0.620. The predicted octanol–water partition coefficient (Wildman–Crippen LogP) is 1.22. The Bertz CT molecular complexity index is 610. The first kappa shape index (κ1) is 18.6. The second-order valence-corrected chi connectivity index (χ2v) is 9.86. The van der Waals surface area contributed by atoms with Crippen LogP contribution in [0.3, 0.4) is 0 Å². The van der Waals surface area contributed by atoms with E-state index < -0.39 is 20.2 Å². The Morgan fingerprint density at radius 1 is 0.857 bits per heavy atom. The first-order chi connectivity index (χ1) is 9.70. The predicted molar refractivity (Wildman–Crippen MR) is 85.5 cm³/mol. The molecule has 2 heterocycles. The molecule has 0 aliphatic carbocycles. The van der Waals surface area contributed by atoms with Gasteiger partial charge in [0.05, 0.1) is 11.5 Å². The molecule has 0 spiro atoms. The summed E-state index contributed by atoms with van der Waals surface area (Å²) >= 11 is 2.90. The minimum atomic E-state index is -3.38. The molecule has 0 saturated carbocycles. The summed E-state index contributed by atoms with van der Waals surface area (Å²) in [6.07, 6.45) is 0.625. The third-order valence-electron chi connectivity index (χ3n) is 2.05. The standard InChI is InChI=1S/C5H9NO3S2.C4H7NO3S2/c1-5-6-9-11(7,8)4-2-3-10-5;1-4-5-8-10(6,7)3-2-9-4/h2-4H2,1H3;2-3H2,1H3/b6-5-;. The summed E-state index contributed by atoms with van der Waals surface area (Å²) in [6.45, 7) is 3.44. The van der Waals surface area contributed by atoms with Crippen molar-refractivity contribution in [3.05, 3.63) is 0 Å². The van der Waals surface area contributed by atoms with Crippen LogP contribution in [-0.4, -0.2) is 49.9 Å². The molecule has 0 N–H and O–H groups in total. The van der Waals surface area contributed by atoms with E-state index in [-0.39, 0.29) is 11.5 Å². The molecule has 21 heavy (non-hydrogen) atoms. The van der Waals surface area contributed by atoms with Crippen molar-refractivity contribution in [2.75, 3.05) is 23.0 Å². The van der Waals surface area contributed by atoms with E-state index in [1.54, 1.807) is 13.8 Å². The van der Waals surface area contributed by atoms with Gasteiger partial charge in [-0.25, -0.2) is 0 Å². The SMILES string of the molecule is C/C1=N/OS(=O)(=O)CCCS1.CC1=NOS(=O)(=O)CCS1. The van der Waals surface area contributed by atoms with Crippen molar-refractivity contribution >= 4 is 53.8 Å². The van der Waals surface area contributed by atoms with Crippen LogP contribution in [0.15, 0.2) is 10.3 Å². The molecule has 0 aromatic rings. The molecular formula is C9H16N2O6S4. The zero-order valence-corrected chi connectivity index (χ0v) is 14.8. The van der Waals surface area contributed by atoms with Crippen molar-refractivity contribution in [1.29, 1.82) is 0 Å². The number of rotatable bonds is 0. The molecule has 2 aliphatic heterocycles. The van der Waals surface area contributed by atoms with E-state index >= 15 is 0 Å². The van der Waals surface area contributed by atoms with Gasteiger partial charge in [-0.15, -0.1) is 23.5 Å². The Balaban J connectivity index is 0.000000211. The van der Waals surface area contributed by atoms with Crippen LogP contribution in [0.5, 0.6) is 0 Å². The van der Waals surface area contributed by atoms with Crippen molar-refractivity contribution in [1.82, 2.24) is 0 Å². The van der Waals surface area contributed by atoms with E-state index in [2.05, 4.69) is 18.9 Å². The van der Waals surface area contributed by atoms with Gasteiger partial charge in [0.15, 0.2) is 0 Å². The van der Waals surface area contributed by atoms with Crippen LogP contribution in [0, 0.1) is 0 Å². The third kappa shape index (κ3) is 8.53. The molecule has 0 unspecified atom stereocenters. The average Bonchev–Trinajstić information content (AvgIpc) is 2.53. The van der Waals surface area contributed by atoms with Crippen LogP contribution in [-0.2, 0) is 28.8 Å². The van der Waals surface area contributed by atoms with E-state index in [0.29, 0.717) is 22.3 Å². The van der Waals surface area contributed by atoms with Crippen molar-refractivity contribution in [2.24, 2.45) is 10.3 Å².